The van der Waals surface area contributed by atoms with Crippen LogP contribution in [0.5, 0.6) is 5.75 Å². The topological polar surface area (TPSA) is 52.1 Å². The Morgan fingerprint density at radius 2 is 1.83 bits per heavy atom. The Morgan fingerprint density at radius 1 is 1.12 bits per heavy atom. The number of carbonyl (C=O) groups is 1. The molecule has 0 aliphatic rings. The summed E-state index contributed by atoms with van der Waals surface area (Å²) < 4.78 is 19.2. The summed E-state index contributed by atoms with van der Waals surface area (Å²) in [6.07, 6.45) is 7.58. The lowest BCUT2D eigenvalue weighted by Gasteiger charge is -2.10. The van der Waals surface area contributed by atoms with Gasteiger partial charge in [-0.1, -0.05) is 32.6 Å². The van der Waals surface area contributed by atoms with Crippen molar-refractivity contribution in [3.8, 4) is 17.1 Å². The molecule has 2 rings (SSSR count). The SMILES string of the molecule is CCCCCC[C@H](F)COc1ccc(-c2ncc(C=O)cn2)cc1. The van der Waals surface area contributed by atoms with Crippen molar-refractivity contribution < 1.29 is 13.9 Å². The highest BCUT2D eigenvalue weighted by atomic mass is 19.1. The number of rotatable bonds is 10. The van der Waals surface area contributed by atoms with E-state index in [1.807, 2.05) is 12.1 Å². The second-order valence-corrected chi connectivity index (χ2v) is 5.74. The van der Waals surface area contributed by atoms with Gasteiger partial charge in [0.15, 0.2) is 12.1 Å². The molecule has 0 radical (unpaired) electrons. The zero-order valence-electron chi connectivity index (χ0n) is 14.0. The molecular formula is C19H23FN2O2. The molecule has 4 nitrogen and oxygen atoms in total. The maximum absolute atomic E-state index is 13.8. The number of nitrogens with zero attached hydrogens (tertiary/aromatic N) is 2. The number of halogens is 1. The van der Waals surface area contributed by atoms with Crippen LogP contribution in [0.1, 0.15) is 49.4 Å². The van der Waals surface area contributed by atoms with Crippen molar-refractivity contribution in [2.45, 2.75) is 45.2 Å². The van der Waals surface area contributed by atoms with Crippen molar-refractivity contribution in [1.29, 1.82) is 0 Å². The van der Waals surface area contributed by atoms with E-state index in [1.54, 1.807) is 12.1 Å². The molecule has 0 aliphatic carbocycles. The van der Waals surface area contributed by atoms with Crippen LogP contribution in [-0.4, -0.2) is 29.0 Å². The van der Waals surface area contributed by atoms with Gasteiger partial charge in [0.1, 0.15) is 18.5 Å². The largest absolute Gasteiger partial charge is 0.491 e. The molecule has 0 saturated heterocycles. The molecule has 0 aliphatic heterocycles. The van der Waals surface area contributed by atoms with Crippen molar-refractivity contribution in [2.75, 3.05) is 6.61 Å². The molecule has 0 bridgehead atoms. The van der Waals surface area contributed by atoms with Crippen LogP contribution in [0.2, 0.25) is 0 Å². The van der Waals surface area contributed by atoms with Crippen molar-refractivity contribution in [3.63, 3.8) is 0 Å². The molecule has 0 spiro atoms. The van der Waals surface area contributed by atoms with E-state index in [4.69, 9.17) is 4.74 Å². The molecule has 0 unspecified atom stereocenters. The predicted octanol–water partition coefficient (Wildman–Crippen LogP) is 4.64. The summed E-state index contributed by atoms with van der Waals surface area (Å²) in [6, 6.07) is 7.19. The van der Waals surface area contributed by atoms with Gasteiger partial charge in [-0.3, -0.25) is 4.79 Å². The second-order valence-electron chi connectivity index (χ2n) is 5.74. The number of hydrogen-bond acceptors (Lipinski definition) is 4. The van der Waals surface area contributed by atoms with Gasteiger partial charge in [0.25, 0.3) is 0 Å². The van der Waals surface area contributed by atoms with E-state index >= 15 is 0 Å². The second kappa shape index (κ2) is 9.75. The predicted molar refractivity (Wildman–Crippen MR) is 92.0 cm³/mol. The van der Waals surface area contributed by atoms with E-state index < -0.39 is 6.17 Å². The third kappa shape index (κ3) is 5.72. The number of hydrogen-bond donors (Lipinski definition) is 0. The van der Waals surface area contributed by atoms with Gasteiger partial charge in [-0.05, 0) is 30.7 Å². The van der Waals surface area contributed by atoms with E-state index in [9.17, 15) is 9.18 Å². The average molecular weight is 330 g/mol. The summed E-state index contributed by atoms with van der Waals surface area (Å²) in [6.45, 7) is 2.22. The summed E-state index contributed by atoms with van der Waals surface area (Å²) >= 11 is 0. The fourth-order valence-corrected chi connectivity index (χ4v) is 2.31. The number of aromatic nitrogens is 2. The number of ether oxygens (including phenoxy) is 1. The Kier molecular flexibility index (Phi) is 7.33. The standard InChI is InChI=1S/C19H23FN2O2/c1-2-3-4-5-6-17(20)14-24-18-9-7-16(8-10-18)19-21-11-15(13-23)12-22-19/h7-13,17H,2-6,14H2,1H3/t17-/m0/s1. The minimum Gasteiger partial charge on any atom is -0.491 e. The van der Waals surface area contributed by atoms with E-state index in [-0.39, 0.29) is 6.61 Å². The first-order valence-electron chi connectivity index (χ1n) is 8.37. The molecular weight excluding hydrogens is 307 g/mol. The van der Waals surface area contributed by atoms with Gasteiger partial charge in [-0.25, -0.2) is 14.4 Å². The molecule has 0 amide bonds. The number of alkyl halides is 1. The Balaban J connectivity index is 1.82. The molecule has 0 fully saturated rings. The summed E-state index contributed by atoms with van der Waals surface area (Å²) in [5.74, 6) is 1.16. The molecule has 1 heterocycles. The van der Waals surface area contributed by atoms with Crippen molar-refractivity contribution in [2.24, 2.45) is 0 Å². The van der Waals surface area contributed by atoms with Gasteiger partial charge < -0.3 is 4.74 Å². The Morgan fingerprint density at radius 3 is 2.46 bits per heavy atom. The first-order chi connectivity index (χ1) is 11.7. The van der Waals surface area contributed by atoms with E-state index in [2.05, 4.69) is 16.9 Å². The molecule has 128 valence electrons. The highest BCUT2D eigenvalue weighted by Gasteiger charge is 2.08. The van der Waals surface area contributed by atoms with Gasteiger partial charge in [0.05, 0.1) is 5.56 Å². The maximum Gasteiger partial charge on any atom is 0.159 e. The number of aldehydes is 1. The summed E-state index contributed by atoms with van der Waals surface area (Å²) in [7, 11) is 0. The molecule has 1 aromatic carbocycles. The Labute approximate surface area is 142 Å². The van der Waals surface area contributed by atoms with Crippen molar-refractivity contribution in [1.82, 2.24) is 9.97 Å². The third-order valence-corrected chi connectivity index (χ3v) is 3.72. The van der Waals surface area contributed by atoms with E-state index in [0.717, 1.165) is 31.2 Å². The lowest BCUT2D eigenvalue weighted by atomic mass is 10.1. The van der Waals surface area contributed by atoms with Gasteiger partial charge in [0.2, 0.25) is 0 Å². The van der Waals surface area contributed by atoms with Crippen LogP contribution in [0.3, 0.4) is 0 Å². The first-order valence-corrected chi connectivity index (χ1v) is 8.37. The highest BCUT2D eigenvalue weighted by molar-refractivity contribution is 5.73. The summed E-state index contributed by atoms with van der Waals surface area (Å²) in [4.78, 5) is 18.9. The minimum absolute atomic E-state index is 0.0794. The van der Waals surface area contributed by atoms with Crippen LogP contribution in [-0.2, 0) is 0 Å². The fraction of sp³-hybridized carbons (Fsp3) is 0.421. The normalized spacial score (nSPS) is 11.9. The van der Waals surface area contributed by atoms with Gasteiger partial charge >= 0.3 is 0 Å². The summed E-state index contributed by atoms with van der Waals surface area (Å²) in [5, 5.41) is 0. The van der Waals surface area contributed by atoms with Crippen LogP contribution in [0, 0.1) is 0 Å². The summed E-state index contributed by atoms with van der Waals surface area (Å²) in [5.41, 5.74) is 1.25. The lowest BCUT2D eigenvalue weighted by molar-refractivity contribution is 0.112. The molecule has 2 aromatic rings. The molecule has 0 N–H and O–H groups in total. The number of unbranched alkanes of at least 4 members (excludes halogenated alkanes) is 3. The van der Waals surface area contributed by atoms with E-state index in [0.29, 0.717) is 29.8 Å². The monoisotopic (exact) mass is 330 g/mol. The van der Waals surface area contributed by atoms with Crippen LogP contribution in [0.25, 0.3) is 11.4 Å². The molecule has 24 heavy (non-hydrogen) atoms. The lowest BCUT2D eigenvalue weighted by Crippen LogP contribution is -2.12. The maximum atomic E-state index is 13.8. The number of benzene rings is 1. The van der Waals surface area contributed by atoms with Gasteiger partial charge in [-0.15, -0.1) is 0 Å². The van der Waals surface area contributed by atoms with Crippen LogP contribution in [0.15, 0.2) is 36.7 Å². The molecule has 1 aromatic heterocycles. The smallest absolute Gasteiger partial charge is 0.159 e. The minimum atomic E-state index is -0.930. The molecule has 0 saturated carbocycles. The quantitative estimate of drug-likeness (QED) is 0.470. The fourth-order valence-electron chi connectivity index (χ4n) is 2.31. The third-order valence-electron chi connectivity index (χ3n) is 3.72. The average Bonchev–Trinajstić information content (AvgIpc) is 2.64. The molecule has 5 heteroatoms. The zero-order chi connectivity index (χ0) is 17.2. The van der Waals surface area contributed by atoms with Gasteiger partial charge in [-0.2, -0.15) is 0 Å². The van der Waals surface area contributed by atoms with Crippen LogP contribution >= 0.6 is 0 Å². The number of carbonyl (C=O) groups excluding carboxylic acids is 1. The van der Waals surface area contributed by atoms with Gasteiger partial charge in [0, 0.05) is 18.0 Å². The Hall–Kier alpha value is -2.30. The Bertz CT molecular complexity index is 614. The first kappa shape index (κ1) is 18.0. The zero-order valence-corrected chi connectivity index (χ0v) is 14.0. The van der Waals surface area contributed by atoms with Crippen LogP contribution < -0.4 is 4.74 Å². The molecule has 1 atom stereocenters. The highest BCUT2D eigenvalue weighted by Crippen LogP contribution is 2.20. The van der Waals surface area contributed by atoms with Crippen molar-refractivity contribution >= 4 is 6.29 Å². The van der Waals surface area contributed by atoms with Crippen LogP contribution in [0.4, 0.5) is 4.39 Å². The van der Waals surface area contributed by atoms with Crippen molar-refractivity contribution in [3.05, 3.63) is 42.2 Å². The van der Waals surface area contributed by atoms with E-state index in [1.165, 1.54) is 12.4 Å².